The Morgan fingerprint density at radius 3 is 2.77 bits per heavy atom. The molecule has 0 amide bonds. The molecule has 26 heavy (non-hydrogen) atoms. The van der Waals surface area contributed by atoms with Crippen molar-refractivity contribution in [3.8, 4) is 28.8 Å². The summed E-state index contributed by atoms with van der Waals surface area (Å²) >= 11 is 1.55. The first-order chi connectivity index (χ1) is 12.8. The molecule has 0 atom stereocenters. The molecule has 0 fully saturated rings. The van der Waals surface area contributed by atoms with E-state index < -0.39 is 0 Å². The number of fused-ring (bicyclic) bond motifs is 2. The molecule has 0 aliphatic heterocycles. The van der Waals surface area contributed by atoms with E-state index in [1.54, 1.807) is 17.6 Å². The van der Waals surface area contributed by atoms with E-state index in [-0.39, 0.29) is 6.42 Å². The monoisotopic (exact) mass is 355 g/mol. The summed E-state index contributed by atoms with van der Waals surface area (Å²) in [6.45, 7) is 0. The van der Waals surface area contributed by atoms with Gasteiger partial charge in [-0.05, 0) is 29.0 Å². The van der Waals surface area contributed by atoms with Crippen molar-refractivity contribution in [3.05, 3.63) is 71.9 Å². The summed E-state index contributed by atoms with van der Waals surface area (Å²) in [6.07, 6.45) is 1.94. The number of furan rings is 1. The van der Waals surface area contributed by atoms with Crippen LogP contribution in [0.25, 0.3) is 38.4 Å². The third-order valence-corrected chi connectivity index (χ3v) is 5.33. The molecule has 2 aromatic carbocycles. The molecule has 0 saturated heterocycles. The lowest BCUT2D eigenvalue weighted by molar-refractivity contribution is 0.579. The molecule has 0 aliphatic rings. The van der Waals surface area contributed by atoms with Gasteiger partial charge < -0.3 is 4.42 Å². The molecular formula is C21H13N3OS. The fourth-order valence-electron chi connectivity index (χ4n) is 3.32. The van der Waals surface area contributed by atoms with Crippen molar-refractivity contribution in [2.45, 2.75) is 6.42 Å². The normalized spacial score (nSPS) is 11.2. The Kier molecular flexibility index (Phi) is 3.37. The van der Waals surface area contributed by atoms with Gasteiger partial charge in [0.05, 0.1) is 30.1 Å². The number of aromatic nitrogens is 2. The Balaban J connectivity index is 1.77. The maximum atomic E-state index is 9.39. The quantitative estimate of drug-likeness (QED) is 0.427. The van der Waals surface area contributed by atoms with Crippen LogP contribution < -0.4 is 0 Å². The molecule has 0 saturated carbocycles. The average molecular weight is 355 g/mol. The van der Waals surface area contributed by atoms with Crippen LogP contribution in [0.2, 0.25) is 0 Å². The highest BCUT2D eigenvalue weighted by molar-refractivity contribution is 7.15. The number of benzene rings is 2. The Bertz CT molecular complexity index is 1270. The molecule has 0 bridgehead atoms. The van der Waals surface area contributed by atoms with Gasteiger partial charge in [-0.2, -0.15) is 5.26 Å². The van der Waals surface area contributed by atoms with Crippen LogP contribution in [-0.4, -0.2) is 9.38 Å². The summed E-state index contributed by atoms with van der Waals surface area (Å²) in [5, 5.41) is 13.8. The average Bonchev–Trinajstić information content (AvgIpc) is 3.39. The van der Waals surface area contributed by atoms with Crippen molar-refractivity contribution >= 4 is 27.1 Å². The number of nitrogens with zero attached hydrogens (tertiary/aromatic N) is 3. The van der Waals surface area contributed by atoms with Crippen molar-refractivity contribution < 1.29 is 4.42 Å². The molecule has 3 aromatic heterocycles. The Morgan fingerprint density at radius 1 is 1.08 bits per heavy atom. The number of imidazole rings is 1. The second-order valence-corrected chi connectivity index (χ2v) is 6.86. The van der Waals surface area contributed by atoms with Crippen LogP contribution in [-0.2, 0) is 6.42 Å². The lowest BCUT2D eigenvalue weighted by atomic mass is 10.0. The zero-order valence-corrected chi connectivity index (χ0v) is 14.5. The maximum Gasteiger partial charge on any atom is 0.195 e. The topological polar surface area (TPSA) is 54.2 Å². The van der Waals surface area contributed by atoms with Gasteiger partial charge in [-0.15, -0.1) is 11.3 Å². The molecule has 0 spiro atoms. The second kappa shape index (κ2) is 5.87. The lowest BCUT2D eigenvalue weighted by Gasteiger charge is -2.05. The highest BCUT2D eigenvalue weighted by Crippen LogP contribution is 2.34. The van der Waals surface area contributed by atoms with Gasteiger partial charge in [0, 0.05) is 10.9 Å². The van der Waals surface area contributed by atoms with E-state index in [0.717, 1.165) is 38.8 Å². The van der Waals surface area contributed by atoms with Crippen molar-refractivity contribution in [2.24, 2.45) is 0 Å². The predicted octanol–water partition coefficient (Wildman–Crippen LogP) is 5.54. The Labute approximate surface area is 153 Å². The summed E-state index contributed by atoms with van der Waals surface area (Å²) < 4.78 is 7.61. The zero-order valence-electron chi connectivity index (χ0n) is 13.7. The van der Waals surface area contributed by atoms with Crippen LogP contribution in [0.5, 0.6) is 0 Å². The summed E-state index contributed by atoms with van der Waals surface area (Å²) in [4.78, 5) is 5.69. The standard InChI is InChI=1S/C21H13N3OS/c22-10-9-17-20(16-8-7-14-4-1-2-5-15(14)12-16)23-21-24(17)18(13-26-21)19-6-3-11-25-19/h1-8,11-13H,9H2. The first-order valence-electron chi connectivity index (χ1n) is 8.24. The van der Waals surface area contributed by atoms with Crippen molar-refractivity contribution in [3.63, 3.8) is 0 Å². The Morgan fingerprint density at radius 2 is 1.96 bits per heavy atom. The smallest absolute Gasteiger partial charge is 0.195 e. The molecule has 0 N–H and O–H groups in total. The number of hydrogen-bond acceptors (Lipinski definition) is 4. The van der Waals surface area contributed by atoms with Gasteiger partial charge >= 0.3 is 0 Å². The van der Waals surface area contributed by atoms with E-state index in [1.165, 1.54) is 5.39 Å². The SMILES string of the molecule is N#CCc1c(-c2ccc3ccccc3c2)nc2scc(-c3ccco3)n12. The van der Waals surface area contributed by atoms with Crippen molar-refractivity contribution in [1.82, 2.24) is 9.38 Å². The zero-order chi connectivity index (χ0) is 17.5. The van der Waals surface area contributed by atoms with Crippen molar-refractivity contribution in [1.29, 1.82) is 5.26 Å². The van der Waals surface area contributed by atoms with E-state index in [4.69, 9.17) is 9.40 Å². The second-order valence-electron chi connectivity index (χ2n) is 6.02. The fraction of sp³-hybridized carbons (Fsp3) is 0.0476. The maximum absolute atomic E-state index is 9.39. The molecule has 124 valence electrons. The third-order valence-electron chi connectivity index (χ3n) is 4.50. The van der Waals surface area contributed by atoms with Gasteiger partial charge in [0.2, 0.25) is 0 Å². The van der Waals surface area contributed by atoms with Crippen LogP contribution in [0.3, 0.4) is 0 Å². The van der Waals surface area contributed by atoms with Crippen LogP contribution >= 0.6 is 11.3 Å². The lowest BCUT2D eigenvalue weighted by Crippen LogP contribution is -1.94. The molecule has 0 radical (unpaired) electrons. The number of nitriles is 1. The number of rotatable bonds is 3. The minimum Gasteiger partial charge on any atom is -0.463 e. The molecule has 4 nitrogen and oxygen atoms in total. The summed E-state index contributed by atoms with van der Waals surface area (Å²) in [7, 11) is 0. The molecule has 0 aliphatic carbocycles. The molecule has 0 unspecified atom stereocenters. The first kappa shape index (κ1) is 14.9. The van der Waals surface area contributed by atoms with Gasteiger partial charge in [0.15, 0.2) is 10.7 Å². The molecule has 5 rings (SSSR count). The van der Waals surface area contributed by atoms with E-state index in [0.29, 0.717) is 0 Å². The van der Waals surface area contributed by atoms with Gasteiger partial charge in [0.25, 0.3) is 0 Å². The third kappa shape index (κ3) is 2.24. The molecule has 5 heteroatoms. The minimum atomic E-state index is 0.285. The Hall–Kier alpha value is -3.36. The predicted molar refractivity (Wildman–Crippen MR) is 103 cm³/mol. The van der Waals surface area contributed by atoms with Crippen LogP contribution in [0.4, 0.5) is 0 Å². The number of thiazole rings is 1. The van der Waals surface area contributed by atoms with Crippen LogP contribution in [0.15, 0.2) is 70.7 Å². The van der Waals surface area contributed by atoms with E-state index >= 15 is 0 Å². The summed E-state index contributed by atoms with van der Waals surface area (Å²) in [5.74, 6) is 0.776. The highest BCUT2D eigenvalue weighted by Gasteiger charge is 2.19. The minimum absolute atomic E-state index is 0.285. The van der Waals surface area contributed by atoms with Gasteiger partial charge in [-0.1, -0.05) is 36.4 Å². The number of hydrogen-bond donors (Lipinski definition) is 0. The molecular weight excluding hydrogens is 342 g/mol. The van der Waals surface area contributed by atoms with E-state index in [9.17, 15) is 5.26 Å². The first-order valence-corrected chi connectivity index (χ1v) is 9.12. The molecule has 3 heterocycles. The summed E-state index contributed by atoms with van der Waals surface area (Å²) in [5.41, 5.74) is 3.71. The van der Waals surface area contributed by atoms with E-state index in [1.807, 2.05) is 34.0 Å². The van der Waals surface area contributed by atoms with Crippen molar-refractivity contribution in [2.75, 3.05) is 0 Å². The van der Waals surface area contributed by atoms with Gasteiger partial charge in [-0.3, -0.25) is 4.40 Å². The van der Waals surface area contributed by atoms with Crippen LogP contribution in [0, 0.1) is 11.3 Å². The van der Waals surface area contributed by atoms with Gasteiger partial charge in [0.1, 0.15) is 5.69 Å². The van der Waals surface area contributed by atoms with Crippen LogP contribution in [0.1, 0.15) is 5.69 Å². The van der Waals surface area contributed by atoms with Gasteiger partial charge in [-0.25, -0.2) is 4.98 Å². The highest BCUT2D eigenvalue weighted by atomic mass is 32.1. The molecule has 5 aromatic rings. The summed E-state index contributed by atoms with van der Waals surface area (Å²) in [6, 6.07) is 20.6. The largest absolute Gasteiger partial charge is 0.463 e. The fourth-order valence-corrected chi connectivity index (χ4v) is 4.21. The van der Waals surface area contributed by atoms with E-state index in [2.05, 4.69) is 36.4 Å².